The third-order valence-corrected chi connectivity index (χ3v) is 7.37. The van der Waals surface area contributed by atoms with Crippen LogP contribution in [0.1, 0.15) is 16.1 Å². The highest BCUT2D eigenvalue weighted by atomic mass is 35.5. The number of hydrogen-bond acceptors (Lipinski definition) is 4. The molecule has 0 saturated heterocycles. The van der Waals surface area contributed by atoms with E-state index in [9.17, 15) is 26.4 Å². The molecule has 198 valence electrons. The van der Waals surface area contributed by atoms with Gasteiger partial charge in [0.15, 0.2) is 9.84 Å². The molecule has 1 N–H and O–H groups in total. The van der Waals surface area contributed by atoms with Gasteiger partial charge in [-0.1, -0.05) is 47.5 Å². The molecule has 4 rings (SSSR count). The van der Waals surface area contributed by atoms with Crippen molar-refractivity contribution in [1.82, 2.24) is 14.9 Å². The van der Waals surface area contributed by atoms with Crippen molar-refractivity contribution in [2.24, 2.45) is 0 Å². The van der Waals surface area contributed by atoms with Crippen LogP contribution in [0.2, 0.25) is 10.0 Å². The number of nitrogens with zero attached hydrogens (tertiary/aromatic N) is 2. The molecular formula is C26H20Cl2F3N3O3S. The summed E-state index contributed by atoms with van der Waals surface area (Å²) in [5, 5.41) is 2.29. The summed E-state index contributed by atoms with van der Waals surface area (Å²) in [6.07, 6.45) is -2.15. The lowest BCUT2D eigenvalue weighted by molar-refractivity contribution is -0.123. The minimum Gasteiger partial charge on any atom is -0.342 e. The van der Waals surface area contributed by atoms with E-state index in [1.807, 2.05) is 11.4 Å². The highest BCUT2D eigenvalue weighted by molar-refractivity contribution is 7.90. The highest BCUT2D eigenvalue weighted by Gasteiger charge is 2.29. The van der Waals surface area contributed by atoms with Gasteiger partial charge in [0.25, 0.3) is 5.91 Å². The van der Waals surface area contributed by atoms with Gasteiger partial charge in [-0.25, -0.2) is 13.4 Å². The number of halogens is 5. The summed E-state index contributed by atoms with van der Waals surface area (Å²) >= 11 is 12.8. The molecule has 0 radical (unpaired) electrons. The average molecular weight is 582 g/mol. The predicted octanol–water partition coefficient (Wildman–Crippen LogP) is 6.52. The van der Waals surface area contributed by atoms with Crippen LogP contribution in [0.3, 0.4) is 0 Å². The molecule has 0 bridgehead atoms. The van der Waals surface area contributed by atoms with E-state index in [0.29, 0.717) is 22.4 Å². The first-order valence-electron chi connectivity index (χ1n) is 11.0. The van der Waals surface area contributed by atoms with Crippen molar-refractivity contribution >= 4 is 38.9 Å². The molecule has 4 aromatic rings. The molecule has 1 amide bonds. The first-order valence-corrected chi connectivity index (χ1v) is 13.7. The summed E-state index contributed by atoms with van der Waals surface area (Å²) in [6, 6.07) is 16.6. The number of benzene rings is 3. The molecule has 0 spiro atoms. The zero-order chi connectivity index (χ0) is 27.8. The fraction of sp³-hybridized carbons (Fsp3) is 0.154. The maximum Gasteiger partial charge on any atom is 0.405 e. The van der Waals surface area contributed by atoms with Crippen LogP contribution in [-0.4, -0.2) is 42.9 Å². The van der Waals surface area contributed by atoms with Crippen molar-refractivity contribution in [2.45, 2.75) is 18.0 Å². The van der Waals surface area contributed by atoms with Gasteiger partial charge in [0, 0.05) is 12.5 Å². The van der Waals surface area contributed by atoms with Gasteiger partial charge in [-0.2, -0.15) is 13.2 Å². The fourth-order valence-corrected chi connectivity index (χ4v) is 5.08. The number of carbonyl (C=O) groups is 1. The monoisotopic (exact) mass is 581 g/mol. The first-order chi connectivity index (χ1) is 17.7. The number of carbonyl (C=O) groups excluding carboxylic acids is 1. The Bertz CT molecular complexity index is 1630. The zero-order valence-electron chi connectivity index (χ0n) is 20.0. The fourth-order valence-electron chi connectivity index (χ4n) is 3.84. The summed E-state index contributed by atoms with van der Waals surface area (Å²) in [5.74, 6) is -0.856. The van der Waals surface area contributed by atoms with Crippen molar-refractivity contribution in [1.29, 1.82) is 0 Å². The van der Waals surface area contributed by atoms with E-state index < -0.39 is 28.5 Å². The average Bonchev–Trinajstić information content (AvgIpc) is 3.26. The standard InChI is InChI=1S/C26H20Cl2F3N3O3S/c1-15-11-17(16-5-3-6-18(12-16)38(2,36)37)9-10-22(15)34-13-21(25(35)32-14-26(29,30)31)33-24(34)23-19(27)7-4-8-20(23)28/h3-13H,14H2,1-2H3,(H,32,35). The van der Waals surface area contributed by atoms with Crippen LogP contribution < -0.4 is 5.32 Å². The second kappa shape index (κ2) is 10.4. The number of imidazole rings is 1. The number of nitrogens with one attached hydrogen (secondary N) is 1. The van der Waals surface area contributed by atoms with Crippen LogP contribution in [0.4, 0.5) is 13.2 Å². The van der Waals surface area contributed by atoms with Gasteiger partial charge in [0.1, 0.15) is 18.1 Å². The Morgan fingerprint density at radius 1 is 1.00 bits per heavy atom. The lowest BCUT2D eigenvalue weighted by Gasteiger charge is -2.14. The molecule has 0 unspecified atom stereocenters. The minimum atomic E-state index is -4.59. The molecular weight excluding hydrogens is 562 g/mol. The summed E-state index contributed by atoms with van der Waals surface area (Å²) in [7, 11) is -3.40. The third kappa shape index (κ3) is 6.03. The number of aromatic nitrogens is 2. The molecule has 0 aliphatic heterocycles. The number of hydrogen-bond donors (Lipinski definition) is 1. The molecule has 0 saturated carbocycles. The molecule has 0 aliphatic rings. The van der Waals surface area contributed by atoms with Crippen LogP contribution >= 0.6 is 23.2 Å². The Morgan fingerprint density at radius 3 is 2.24 bits per heavy atom. The second-order valence-electron chi connectivity index (χ2n) is 8.52. The summed E-state index contributed by atoms with van der Waals surface area (Å²) in [6.45, 7) is 0.280. The Balaban J connectivity index is 1.83. The summed E-state index contributed by atoms with van der Waals surface area (Å²) in [4.78, 5) is 17.0. The van der Waals surface area contributed by atoms with Gasteiger partial charge in [0.2, 0.25) is 0 Å². The van der Waals surface area contributed by atoms with Gasteiger partial charge in [0.05, 0.1) is 26.2 Å². The van der Waals surface area contributed by atoms with Crippen molar-refractivity contribution < 1.29 is 26.4 Å². The van der Waals surface area contributed by atoms with Gasteiger partial charge in [-0.3, -0.25) is 9.36 Å². The highest BCUT2D eigenvalue weighted by Crippen LogP contribution is 2.36. The normalized spacial score (nSPS) is 12.0. The predicted molar refractivity (Wildman–Crippen MR) is 141 cm³/mol. The zero-order valence-corrected chi connectivity index (χ0v) is 22.3. The number of alkyl halides is 3. The molecule has 1 aromatic heterocycles. The van der Waals surface area contributed by atoms with Crippen LogP contribution in [0.5, 0.6) is 0 Å². The van der Waals surface area contributed by atoms with Gasteiger partial charge < -0.3 is 5.32 Å². The quantitative estimate of drug-likeness (QED) is 0.281. The topological polar surface area (TPSA) is 81.1 Å². The molecule has 0 aliphatic carbocycles. The number of rotatable bonds is 6. The molecule has 1 heterocycles. The van der Waals surface area contributed by atoms with Crippen LogP contribution in [0.25, 0.3) is 28.2 Å². The molecule has 3 aromatic carbocycles. The van der Waals surface area contributed by atoms with Gasteiger partial charge >= 0.3 is 6.18 Å². The van der Waals surface area contributed by atoms with Crippen molar-refractivity contribution in [3.8, 4) is 28.2 Å². The van der Waals surface area contributed by atoms with Crippen LogP contribution in [-0.2, 0) is 9.84 Å². The summed E-state index contributed by atoms with van der Waals surface area (Å²) < 4.78 is 63.5. The Hall–Kier alpha value is -3.34. The van der Waals surface area contributed by atoms with Crippen molar-refractivity contribution in [2.75, 3.05) is 12.8 Å². The maximum absolute atomic E-state index is 12.7. The van der Waals surface area contributed by atoms with E-state index in [1.165, 1.54) is 16.8 Å². The molecule has 12 heteroatoms. The largest absolute Gasteiger partial charge is 0.405 e. The van der Waals surface area contributed by atoms with E-state index >= 15 is 0 Å². The van der Waals surface area contributed by atoms with E-state index in [4.69, 9.17) is 23.2 Å². The molecule has 0 fully saturated rings. The van der Waals surface area contributed by atoms with Gasteiger partial charge in [-0.15, -0.1) is 0 Å². The number of amides is 1. The van der Waals surface area contributed by atoms with Crippen molar-refractivity contribution in [3.05, 3.63) is 88.2 Å². The Kier molecular flexibility index (Phi) is 7.60. The van der Waals surface area contributed by atoms with E-state index in [-0.39, 0.29) is 26.5 Å². The van der Waals surface area contributed by atoms with Gasteiger partial charge in [-0.05, 0) is 60.0 Å². The SMILES string of the molecule is Cc1cc(-c2cccc(S(C)(=O)=O)c2)ccc1-n1cc(C(=O)NCC(F)(F)F)nc1-c1c(Cl)cccc1Cl. The second-order valence-corrected chi connectivity index (χ2v) is 11.3. The first kappa shape index (κ1) is 27.7. The Labute approximate surface area is 227 Å². The maximum atomic E-state index is 12.7. The lowest BCUT2D eigenvalue weighted by atomic mass is 10.0. The molecule has 6 nitrogen and oxygen atoms in total. The van der Waals surface area contributed by atoms with Crippen LogP contribution in [0, 0.1) is 6.92 Å². The number of sulfone groups is 1. The lowest BCUT2D eigenvalue weighted by Crippen LogP contribution is -2.33. The molecule has 0 atom stereocenters. The van der Waals surface area contributed by atoms with Crippen LogP contribution in [0.15, 0.2) is 71.8 Å². The van der Waals surface area contributed by atoms with E-state index in [1.54, 1.807) is 55.5 Å². The van der Waals surface area contributed by atoms with Crippen molar-refractivity contribution in [3.63, 3.8) is 0 Å². The smallest absolute Gasteiger partial charge is 0.342 e. The molecule has 38 heavy (non-hydrogen) atoms. The summed E-state index contributed by atoms with van der Waals surface area (Å²) in [5.41, 5.74) is 2.71. The van der Waals surface area contributed by atoms with E-state index in [0.717, 1.165) is 11.8 Å². The minimum absolute atomic E-state index is 0.160. The number of aryl methyl sites for hydroxylation is 1. The Morgan fingerprint density at radius 2 is 1.63 bits per heavy atom. The van der Waals surface area contributed by atoms with E-state index in [2.05, 4.69) is 4.98 Å². The third-order valence-electron chi connectivity index (χ3n) is 5.63.